The summed E-state index contributed by atoms with van der Waals surface area (Å²) in [4.78, 5) is 14.2. The Hall–Kier alpha value is -1.57. The fraction of sp³-hybridized carbons (Fsp3) is 0.533. The number of aromatic nitrogens is 1. The zero-order valence-corrected chi connectivity index (χ0v) is 10.9. The minimum absolute atomic E-state index is 0.0705. The smallest absolute Gasteiger partial charge is 0.250 e. The first-order valence-electron chi connectivity index (χ1n) is 6.76. The normalized spacial score (nSPS) is 25.3. The van der Waals surface area contributed by atoms with Gasteiger partial charge in [-0.3, -0.25) is 9.69 Å². The van der Waals surface area contributed by atoms with Crippen molar-refractivity contribution in [2.45, 2.75) is 18.9 Å². The minimum atomic E-state index is -0.0705. The molecular weight excluding hydrogens is 240 g/mol. The SMILES string of the molecule is O=c1cccc2n1C[C@H]1C[C@@H]2CN(CC#CCO)C1. The van der Waals surface area contributed by atoms with E-state index in [0.717, 1.165) is 19.6 Å². The van der Waals surface area contributed by atoms with Crippen molar-refractivity contribution in [1.29, 1.82) is 0 Å². The molecule has 2 bridgehead atoms. The Morgan fingerprint density at radius 2 is 2.16 bits per heavy atom. The van der Waals surface area contributed by atoms with Crippen molar-refractivity contribution in [3.63, 3.8) is 0 Å². The molecule has 1 aromatic heterocycles. The number of rotatable bonds is 1. The topological polar surface area (TPSA) is 45.5 Å². The summed E-state index contributed by atoms with van der Waals surface area (Å²) in [6.45, 7) is 3.43. The summed E-state index contributed by atoms with van der Waals surface area (Å²) in [6, 6.07) is 5.58. The van der Waals surface area contributed by atoms with E-state index in [0.29, 0.717) is 18.4 Å². The van der Waals surface area contributed by atoms with Crippen LogP contribution in [0, 0.1) is 17.8 Å². The van der Waals surface area contributed by atoms with Crippen LogP contribution in [0.2, 0.25) is 0 Å². The second kappa shape index (κ2) is 5.20. The first-order chi connectivity index (χ1) is 9.28. The van der Waals surface area contributed by atoms with E-state index in [2.05, 4.69) is 22.8 Å². The number of hydrogen-bond donors (Lipinski definition) is 1. The van der Waals surface area contributed by atoms with Gasteiger partial charge in [-0.15, -0.1) is 0 Å². The van der Waals surface area contributed by atoms with Crippen LogP contribution in [0.3, 0.4) is 0 Å². The molecule has 1 fully saturated rings. The van der Waals surface area contributed by atoms with Gasteiger partial charge in [0.05, 0.1) is 6.54 Å². The molecule has 0 spiro atoms. The van der Waals surface area contributed by atoms with Crippen molar-refractivity contribution in [1.82, 2.24) is 9.47 Å². The highest BCUT2D eigenvalue weighted by atomic mass is 16.2. The van der Waals surface area contributed by atoms with Crippen LogP contribution in [0.15, 0.2) is 23.0 Å². The van der Waals surface area contributed by atoms with E-state index < -0.39 is 0 Å². The Morgan fingerprint density at radius 3 is 3.00 bits per heavy atom. The van der Waals surface area contributed by atoms with Gasteiger partial charge in [0.2, 0.25) is 0 Å². The number of aliphatic hydroxyl groups excluding tert-OH is 1. The third-order valence-corrected chi connectivity index (χ3v) is 4.06. The first kappa shape index (κ1) is 12.5. The Bertz CT molecular complexity index is 582. The average Bonchev–Trinajstić information content (AvgIpc) is 2.40. The van der Waals surface area contributed by atoms with Crippen molar-refractivity contribution in [2.24, 2.45) is 5.92 Å². The molecule has 3 rings (SSSR count). The molecule has 3 heterocycles. The fourth-order valence-corrected chi connectivity index (χ4v) is 3.35. The molecule has 1 aromatic rings. The maximum atomic E-state index is 11.9. The lowest BCUT2D eigenvalue weighted by Crippen LogP contribution is -2.47. The number of piperidine rings is 1. The highest BCUT2D eigenvalue weighted by molar-refractivity contribution is 5.17. The second-order valence-electron chi connectivity index (χ2n) is 5.40. The lowest BCUT2D eigenvalue weighted by molar-refractivity contribution is 0.133. The maximum absolute atomic E-state index is 11.9. The summed E-state index contributed by atoms with van der Waals surface area (Å²) in [7, 11) is 0. The van der Waals surface area contributed by atoms with Crippen LogP contribution >= 0.6 is 0 Å². The molecule has 0 aliphatic carbocycles. The number of likely N-dealkylation sites (tertiary alicyclic amines) is 1. The number of hydrogen-bond acceptors (Lipinski definition) is 3. The first-order valence-corrected chi connectivity index (χ1v) is 6.76. The van der Waals surface area contributed by atoms with Crippen LogP contribution in [-0.4, -0.2) is 40.8 Å². The van der Waals surface area contributed by atoms with Gasteiger partial charge in [-0.25, -0.2) is 0 Å². The van der Waals surface area contributed by atoms with Crippen LogP contribution in [-0.2, 0) is 6.54 Å². The number of aliphatic hydroxyl groups is 1. The van der Waals surface area contributed by atoms with Gasteiger partial charge in [0.25, 0.3) is 5.56 Å². The summed E-state index contributed by atoms with van der Waals surface area (Å²) >= 11 is 0. The summed E-state index contributed by atoms with van der Waals surface area (Å²) in [5.41, 5.74) is 1.30. The molecule has 0 radical (unpaired) electrons. The third kappa shape index (κ3) is 2.44. The maximum Gasteiger partial charge on any atom is 0.250 e. The third-order valence-electron chi connectivity index (χ3n) is 4.06. The second-order valence-corrected chi connectivity index (χ2v) is 5.40. The Morgan fingerprint density at radius 1 is 1.26 bits per heavy atom. The summed E-state index contributed by atoms with van der Waals surface area (Å²) in [5.74, 6) is 6.67. The van der Waals surface area contributed by atoms with E-state index in [-0.39, 0.29) is 12.2 Å². The lowest BCUT2D eigenvalue weighted by atomic mass is 9.83. The van der Waals surface area contributed by atoms with Crippen molar-refractivity contribution >= 4 is 0 Å². The molecule has 4 heteroatoms. The van der Waals surface area contributed by atoms with Gasteiger partial charge in [0, 0.05) is 37.3 Å². The molecule has 0 amide bonds. The highest BCUT2D eigenvalue weighted by Crippen LogP contribution is 2.34. The summed E-state index contributed by atoms with van der Waals surface area (Å²) in [6.07, 6.45) is 1.17. The van der Waals surface area contributed by atoms with E-state index in [1.807, 2.05) is 10.6 Å². The van der Waals surface area contributed by atoms with E-state index in [4.69, 9.17) is 5.11 Å². The average molecular weight is 258 g/mol. The monoisotopic (exact) mass is 258 g/mol. The van der Waals surface area contributed by atoms with Crippen molar-refractivity contribution < 1.29 is 5.11 Å². The largest absolute Gasteiger partial charge is 0.384 e. The molecule has 0 unspecified atom stereocenters. The number of nitrogens with zero attached hydrogens (tertiary/aromatic N) is 2. The predicted molar refractivity (Wildman–Crippen MR) is 72.9 cm³/mol. The predicted octanol–water partition coefficient (Wildman–Crippen LogP) is 0.263. The summed E-state index contributed by atoms with van der Waals surface area (Å²) in [5, 5.41) is 8.69. The highest BCUT2D eigenvalue weighted by Gasteiger charge is 2.33. The molecule has 2 aliphatic heterocycles. The van der Waals surface area contributed by atoms with Crippen LogP contribution in [0.25, 0.3) is 0 Å². The van der Waals surface area contributed by atoms with Crippen LogP contribution in [0.1, 0.15) is 18.0 Å². The zero-order chi connectivity index (χ0) is 13.2. The van der Waals surface area contributed by atoms with E-state index in [1.165, 1.54) is 12.1 Å². The number of pyridine rings is 1. The van der Waals surface area contributed by atoms with E-state index in [9.17, 15) is 4.79 Å². The van der Waals surface area contributed by atoms with Gasteiger partial charge >= 0.3 is 0 Å². The van der Waals surface area contributed by atoms with Gasteiger partial charge < -0.3 is 9.67 Å². The Labute approximate surface area is 112 Å². The van der Waals surface area contributed by atoms with Gasteiger partial charge in [0.15, 0.2) is 0 Å². The molecule has 2 atom stereocenters. The van der Waals surface area contributed by atoms with Crippen molar-refractivity contribution in [3.05, 3.63) is 34.2 Å². The molecule has 2 aliphatic rings. The van der Waals surface area contributed by atoms with Gasteiger partial charge in [-0.1, -0.05) is 17.9 Å². The van der Waals surface area contributed by atoms with E-state index >= 15 is 0 Å². The molecule has 0 aromatic carbocycles. The van der Waals surface area contributed by atoms with E-state index in [1.54, 1.807) is 6.07 Å². The lowest BCUT2D eigenvalue weighted by Gasteiger charge is -2.42. The van der Waals surface area contributed by atoms with Gasteiger partial charge in [0.1, 0.15) is 6.61 Å². The molecule has 1 N–H and O–H groups in total. The molecule has 0 saturated carbocycles. The zero-order valence-electron chi connectivity index (χ0n) is 10.9. The Balaban J connectivity index is 1.82. The molecule has 19 heavy (non-hydrogen) atoms. The van der Waals surface area contributed by atoms with Gasteiger partial charge in [-0.2, -0.15) is 0 Å². The molecule has 4 nitrogen and oxygen atoms in total. The van der Waals surface area contributed by atoms with Gasteiger partial charge in [-0.05, 0) is 18.4 Å². The molecule has 100 valence electrons. The van der Waals surface area contributed by atoms with Crippen molar-refractivity contribution in [2.75, 3.05) is 26.2 Å². The quantitative estimate of drug-likeness (QED) is 0.735. The standard InChI is InChI=1S/C15H18N2O2/c18-7-2-1-6-16-9-12-8-13(11-16)14-4-3-5-15(19)17(14)10-12/h3-5,12-13,18H,6-11H2/t12-,13+/m0/s1. The van der Waals surface area contributed by atoms with Crippen LogP contribution in [0.4, 0.5) is 0 Å². The van der Waals surface area contributed by atoms with Crippen LogP contribution < -0.4 is 5.56 Å². The Kier molecular flexibility index (Phi) is 3.41. The molecular formula is C15H18N2O2. The fourth-order valence-electron chi connectivity index (χ4n) is 3.35. The number of fused-ring (bicyclic) bond motifs is 4. The summed E-state index contributed by atoms with van der Waals surface area (Å²) < 4.78 is 1.94. The van der Waals surface area contributed by atoms with Crippen molar-refractivity contribution in [3.8, 4) is 11.8 Å². The molecule has 1 saturated heterocycles. The van der Waals surface area contributed by atoms with Crippen LogP contribution in [0.5, 0.6) is 0 Å². The minimum Gasteiger partial charge on any atom is -0.384 e.